The molecule has 190 valence electrons. The van der Waals surface area contributed by atoms with Crippen LogP contribution in [-0.4, -0.2) is 29.5 Å². The van der Waals surface area contributed by atoms with Crippen LogP contribution in [0.2, 0.25) is 0 Å². The second-order valence-corrected chi connectivity index (χ2v) is 8.50. The number of fused-ring (bicyclic) bond motifs is 1. The van der Waals surface area contributed by atoms with E-state index in [4.69, 9.17) is 14.7 Å². The number of alkyl halides is 3. The number of ether oxygens (including phenoxy) is 3. The van der Waals surface area contributed by atoms with E-state index in [9.17, 15) is 18.0 Å². The average Bonchev–Trinajstić information content (AvgIpc) is 3.34. The maximum absolute atomic E-state index is 13.3. The molecule has 4 rings (SSSR count). The summed E-state index contributed by atoms with van der Waals surface area (Å²) in [6.45, 7) is 0.313. The predicted octanol–water partition coefficient (Wildman–Crippen LogP) is 6.18. The highest BCUT2D eigenvalue weighted by atomic mass is 32.1. The number of nitrogens with zero attached hydrogens (tertiary/aromatic N) is 3. The number of aromatic nitrogens is 2. The van der Waals surface area contributed by atoms with Crippen LogP contribution in [0, 0.1) is 11.3 Å². The van der Waals surface area contributed by atoms with Crippen LogP contribution in [0.15, 0.2) is 58.8 Å². The number of unbranched alkanes of at least 4 members (excludes halogenated alkanes) is 1. The summed E-state index contributed by atoms with van der Waals surface area (Å²) in [6, 6.07) is 12.5. The van der Waals surface area contributed by atoms with Gasteiger partial charge in [0, 0.05) is 23.6 Å². The molecule has 0 saturated carbocycles. The summed E-state index contributed by atoms with van der Waals surface area (Å²) in [5, 5.41) is 10.5. The molecular formula is C26H20F3N3O4S. The molecule has 11 heteroatoms. The molecule has 0 bridgehead atoms. The van der Waals surface area contributed by atoms with Crippen LogP contribution >= 0.6 is 11.3 Å². The molecular weight excluding hydrogens is 507 g/mol. The van der Waals surface area contributed by atoms with Crippen molar-refractivity contribution in [2.45, 2.75) is 19.2 Å². The highest BCUT2D eigenvalue weighted by Crippen LogP contribution is 2.33. The van der Waals surface area contributed by atoms with E-state index in [2.05, 4.69) is 15.8 Å². The first-order valence-electron chi connectivity index (χ1n) is 11.0. The van der Waals surface area contributed by atoms with Gasteiger partial charge in [0.1, 0.15) is 5.75 Å². The van der Waals surface area contributed by atoms with E-state index in [0.717, 1.165) is 12.1 Å². The quantitative estimate of drug-likeness (QED) is 0.242. The molecule has 37 heavy (non-hydrogen) atoms. The van der Waals surface area contributed by atoms with Crippen LogP contribution in [0.4, 0.5) is 13.2 Å². The number of hydrogen-bond acceptors (Lipinski definition) is 7. The Morgan fingerprint density at radius 3 is 2.65 bits per heavy atom. The number of nitriles is 1. The number of benzene rings is 2. The summed E-state index contributed by atoms with van der Waals surface area (Å²) in [4.78, 5) is 18.4. The molecule has 0 N–H and O–H groups in total. The molecule has 0 unspecified atom stereocenters. The molecule has 0 aliphatic heterocycles. The molecule has 0 aliphatic rings. The number of rotatable bonds is 9. The fourth-order valence-corrected chi connectivity index (χ4v) is 4.30. The molecule has 0 spiro atoms. The van der Waals surface area contributed by atoms with E-state index in [1.807, 2.05) is 0 Å². The van der Waals surface area contributed by atoms with Gasteiger partial charge >= 0.3 is 6.36 Å². The lowest BCUT2D eigenvalue weighted by molar-refractivity contribution is -0.274. The number of hydrogen-bond donors (Lipinski definition) is 0. The lowest BCUT2D eigenvalue weighted by atomic mass is 10.0. The van der Waals surface area contributed by atoms with Crippen LogP contribution in [0.1, 0.15) is 24.1 Å². The van der Waals surface area contributed by atoms with Gasteiger partial charge in [-0.15, -0.1) is 24.5 Å². The Morgan fingerprint density at radius 2 is 1.95 bits per heavy atom. The van der Waals surface area contributed by atoms with Crippen molar-refractivity contribution in [3.05, 3.63) is 75.7 Å². The standard InChI is InChI=1S/C26H20F3N3O4S/c1-34-21-6-4-5-18(23(21)35-15-3-2-13-30)9-12-20-22(24(33)32-14-16-37-25(32)31-20)17-7-10-19(11-8-17)36-26(27,28)29/h4-12,14,16H,2-3,15H2,1H3/b12-9+. The Hall–Kier alpha value is -4.30. The summed E-state index contributed by atoms with van der Waals surface area (Å²) in [6.07, 6.45) is 1.03. The number of halogens is 3. The monoisotopic (exact) mass is 527 g/mol. The van der Waals surface area contributed by atoms with E-state index in [-0.39, 0.29) is 11.1 Å². The average molecular weight is 528 g/mol. The van der Waals surface area contributed by atoms with Crippen LogP contribution in [-0.2, 0) is 0 Å². The summed E-state index contributed by atoms with van der Waals surface area (Å²) < 4.78 is 54.3. The molecule has 0 saturated heterocycles. The lowest BCUT2D eigenvalue weighted by Gasteiger charge is -2.13. The van der Waals surface area contributed by atoms with Gasteiger partial charge in [-0.05, 0) is 42.3 Å². The van der Waals surface area contributed by atoms with Crippen molar-refractivity contribution in [1.29, 1.82) is 5.26 Å². The van der Waals surface area contributed by atoms with Crippen LogP contribution in [0.25, 0.3) is 28.2 Å². The molecule has 0 fully saturated rings. The zero-order valence-electron chi connectivity index (χ0n) is 19.5. The Kier molecular flexibility index (Phi) is 7.79. The highest BCUT2D eigenvalue weighted by molar-refractivity contribution is 7.15. The van der Waals surface area contributed by atoms with E-state index < -0.39 is 12.1 Å². The van der Waals surface area contributed by atoms with E-state index in [1.54, 1.807) is 41.9 Å². The van der Waals surface area contributed by atoms with Gasteiger partial charge in [-0.1, -0.05) is 24.3 Å². The largest absolute Gasteiger partial charge is 0.573 e. The molecule has 0 amide bonds. The molecule has 2 aromatic heterocycles. The minimum absolute atomic E-state index is 0.213. The summed E-state index contributed by atoms with van der Waals surface area (Å²) in [5.74, 6) is 0.581. The molecule has 2 aromatic carbocycles. The minimum Gasteiger partial charge on any atom is -0.493 e. The van der Waals surface area contributed by atoms with Crippen molar-refractivity contribution in [2.24, 2.45) is 0 Å². The Morgan fingerprint density at radius 1 is 1.16 bits per heavy atom. The van der Waals surface area contributed by atoms with E-state index in [0.29, 0.717) is 52.7 Å². The van der Waals surface area contributed by atoms with Crippen molar-refractivity contribution in [3.63, 3.8) is 0 Å². The lowest BCUT2D eigenvalue weighted by Crippen LogP contribution is -2.18. The van der Waals surface area contributed by atoms with Gasteiger partial charge in [-0.3, -0.25) is 9.20 Å². The highest BCUT2D eigenvalue weighted by Gasteiger charge is 2.31. The Bertz CT molecular complexity index is 1520. The first kappa shape index (κ1) is 25.8. The molecule has 2 heterocycles. The molecule has 0 radical (unpaired) electrons. The maximum Gasteiger partial charge on any atom is 0.573 e. The van der Waals surface area contributed by atoms with Gasteiger partial charge in [-0.2, -0.15) is 5.26 Å². The first-order valence-corrected chi connectivity index (χ1v) is 11.9. The molecule has 7 nitrogen and oxygen atoms in total. The number of para-hydroxylation sites is 1. The third-order valence-electron chi connectivity index (χ3n) is 5.20. The van der Waals surface area contributed by atoms with Gasteiger partial charge in [-0.25, -0.2) is 4.98 Å². The third kappa shape index (κ3) is 6.10. The topological polar surface area (TPSA) is 85.8 Å². The van der Waals surface area contributed by atoms with Gasteiger partial charge < -0.3 is 14.2 Å². The van der Waals surface area contributed by atoms with Crippen molar-refractivity contribution < 1.29 is 27.4 Å². The zero-order chi connectivity index (χ0) is 26.4. The fourth-order valence-electron chi connectivity index (χ4n) is 3.59. The van der Waals surface area contributed by atoms with Crippen molar-refractivity contribution in [2.75, 3.05) is 13.7 Å². The van der Waals surface area contributed by atoms with E-state index in [1.165, 1.54) is 35.0 Å². The van der Waals surface area contributed by atoms with E-state index >= 15 is 0 Å². The SMILES string of the molecule is COc1cccc(/C=C/c2nc3sccn3c(=O)c2-c2ccc(OC(F)(F)F)cc2)c1OCCCC#N. The molecule has 4 aromatic rings. The minimum atomic E-state index is -4.82. The summed E-state index contributed by atoms with van der Waals surface area (Å²) >= 11 is 1.28. The second kappa shape index (κ2) is 11.2. The van der Waals surface area contributed by atoms with Crippen LogP contribution < -0.4 is 19.8 Å². The second-order valence-electron chi connectivity index (χ2n) is 7.63. The maximum atomic E-state index is 13.3. The summed E-state index contributed by atoms with van der Waals surface area (Å²) in [5.41, 5.74) is 1.21. The summed E-state index contributed by atoms with van der Waals surface area (Å²) in [7, 11) is 1.52. The van der Waals surface area contributed by atoms with Gasteiger partial charge in [0.2, 0.25) is 0 Å². The van der Waals surface area contributed by atoms with Gasteiger partial charge in [0.25, 0.3) is 5.56 Å². The molecule has 0 atom stereocenters. The van der Waals surface area contributed by atoms with Crippen molar-refractivity contribution >= 4 is 28.4 Å². The number of thiazole rings is 1. The fraction of sp³-hybridized carbons (Fsp3) is 0.192. The molecule has 0 aliphatic carbocycles. The normalized spacial score (nSPS) is 11.5. The van der Waals surface area contributed by atoms with Gasteiger partial charge in [0.15, 0.2) is 16.5 Å². The van der Waals surface area contributed by atoms with Crippen LogP contribution in [0.3, 0.4) is 0 Å². The van der Waals surface area contributed by atoms with Gasteiger partial charge in [0.05, 0.1) is 31.0 Å². The first-order chi connectivity index (χ1) is 17.8. The van der Waals surface area contributed by atoms with Crippen molar-refractivity contribution in [1.82, 2.24) is 9.38 Å². The van der Waals surface area contributed by atoms with Crippen LogP contribution in [0.5, 0.6) is 17.2 Å². The smallest absolute Gasteiger partial charge is 0.493 e. The third-order valence-corrected chi connectivity index (χ3v) is 5.96. The Balaban J connectivity index is 1.76. The zero-order valence-corrected chi connectivity index (χ0v) is 20.3. The predicted molar refractivity (Wildman–Crippen MR) is 134 cm³/mol. The Labute approximate surface area is 213 Å². The number of methoxy groups -OCH3 is 1. The van der Waals surface area contributed by atoms with Crippen molar-refractivity contribution in [3.8, 4) is 34.4 Å².